The zero-order chi connectivity index (χ0) is 16.2. The minimum Gasteiger partial charge on any atom is -0.319 e. The zero-order valence-corrected chi connectivity index (χ0v) is 14.2. The molecule has 116 valence electrons. The van der Waals surface area contributed by atoms with Crippen molar-refractivity contribution in [1.29, 1.82) is 5.26 Å². The Hall–Kier alpha value is -2.25. The number of hydrogen-bond acceptors (Lipinski definition) is 3. The van der Waals surface area contributed by atoms with Crippen LogP contribution in [0.3, 0.4) is 0 Å². The van der Waals surface area contributed by atoms with Gasteiger partial charge in [-0.2, -0.15) is 5.26 Å². The van der Waals surface area contributed by atoms with Crippen LogP contribution in [-0.4, -0.2) is 9.55 Å². The van der Waals surface area contributed by atoms with Crippen LogP contribution in [0.4, 0.5) is 0 Å². The Labute approximate surface area is 141 Å². The zero-order valence-electron chi connectivity index (χ0n) is 13.4. The molecule has 0 aliphatic carbocycles. The summed E-state index contributed by atoms with van der Waals surface area (Å²) in [5, 5.41) is 10.2. The summed E-state index contributed by atoms with van der Waals surface area (Å²) in [5.74, 6) is 1.31. The highest BCUT2D eigenvalue weighted by Gasteiger charge is 2.13. The largest absolute Gasteiger partial charge is 0.319 e. The Morgan fingerprint density at radius 1 is 1.13 bits per heavy atom. The maximum atomic E-state index is 9.22. The molecule has 4 heteroatoms. The molecule has 0 spiro atoms. The second-order valence-corrected chi connectivity index (χ2v) is 6.89. The maximum Gasteiger partial charge on any atom is 0.169 e. The fourth-order valence-corrected chi connectivity index (χ4v) is 3.63. The molecule has 2 aromatic carbocycles. The fraction of sp³-hybridized carbons (Fsp3) is 0.263. The minimum absolute atomic E-state index is 0.554. The van der Waals surface area contributed by atoms with E-state index in [0.717, 1.165) is 34.1 Å². The first-order valence-corrected chi connectivity index (χ1v) is 8.73. The average Bonchev–Trinajstić information content (AvgIpc) is 2.90. The molecule has 3 aromatic rings. The van der Waals surface area contributed by atoms with Crippen molar-refractivity contribution < 1.29 is 0 Å². The van der Waals surface area contributed by atoms with Crippen molar-refractivity contribution >= 4 is 22.8 Å². The second kappa shape index (κ2) is 6.89. The third kappa shape index (κ3) is 3.40. The van der Waals surface area contributed by atoms with Gasteiger partial charge in [0.15, 0.2) is 5.16 Å². The summed E-state index contributed by atoms with van der Waals surface area (Å²) in [5.41, 5.74) is 4.01. The van der Waals surface area contributed by atoms with E-state index >= 15 is 0 Å². The molecule has 0 bridgehead atoms. The lowest BCUT2D eigenvalue weighted by atomic mass is 10.1. The van der Waals surface area contributed by atoms with E-state index in [1.165, 1.54) is 5.52 Å². The van der Waals surface area contributed by atoms with Crippen LogP contribution in [0.5, 0.6) is 0 Å². The molecule has 0 N–H and O–H groups in total. The van der Waals surface area contributed by atoms with Crippen molar-refractivity contribution in [3.8, 4) is 6.07 Å². The van der Waals surface area contributed by atoms with Gasteiger partial charge < -0.3 is 4.57 Å². The SMILES string of the molecule is CC(C)Cn1c(SCc2ccccc2C#N)nc2ccccc21. The molecule has 1 heterocycles. The molecule has 0 atom stereocenters. The molecule has 0 unspecified atom stereocenters. The summed E-state index contributed by atoms with van der Waals surface area (Å²) in [7, 11) is 0. The first-order chi connectivity index (χ1) is 11.2. The van der Waals surface area contributed by atoms with Crippen LogP contribution < -0.4 is 0 Å². The summed E-state index contributed by atoms with van der Waals surface area (Å²) < 4.78 is 2.29. The Kier molecular flexibility index (Phi) is 4.68. The molecule has 0 aliphatic heterocycles. The van der Waals surface area contributed by atoms with Crippen LogP contribution in [0.25, 0.3) is 11.0 Å². The molecule has 3 rings (SSSR count). The van der Waals surface area contributed by atoms with Gasteiger partial charge >= 0.3 is 0 Å². The number of benzene rings is 2. The van der Waals surface area contributed by atoms with Gasteiger partial charge in [0.05, 0.1) is 22.7 Å². The summed E-state index contributed by atoms with van der Waals surface area (Å²) in [6, 6.07) is 18.3. The van der Waals surface area contributed by atoms with Gasteiger partial charge in [0.25, 0.3) is 0 Å². The van der Waals surface area contributed by atoms with Crippen molar-refractivity contribution in [2.75, 3.05) is 0 Å². The first kappa shape index (κ1) is 15.6. The van der Waals surface area contributed by atoms with Crippen LogP contribution in [0.1, 0.15) is 25.0 Å². The van der Waals surface area contributed by atoms with E-state index in [4.69, 9.17) is 4.98 Å². The highest BCUT2D eigenvalue weighted by molar-refractivity contribution is 7.98. The van der Waals surface area contributed by atoms with Gasteiger partial charge in [-0.25, -0.2) is 4.98 Å². The second-order valence-electron chi connectivity index (χ2n) is 5.95. The Morgan fingerprint density at radius 2 is 1.87 bits per heavy atom. The third-order valence-electron chi connectivity index (χ3n) is 3.66. The number of hydrogen-bond donors (Lipinski definition) is 0. The van der Waals surface area contributed by atoms with E-state index in [9.17, 15) is 5.26 Å². The molecule has 0 saturated heterocycles. The van der Waals surface area contributed by atoms with Crippen molar-refractivity contribution in [3.05, 3.63) is 59.7 Å². The highest BCUT2D eigenvalue weighted by atomic mass is 32.2. The average molecular weight is 321 g/mol. The topological polar surface area (TPSA) is 41.6 Å². The van der Waals surface area contributed by atoms with E-state index in [0.29, 0.717) is 5.92 Å². The number of imidazole rings is 1. The molecule has 1 aromatic heterocycles. The Balaban J connectivity index is 1.92. The van der Waals surface area contributed by atoms with E-state index < -0.39 is 0 Å². The van der Waals surface area contributed by atoms with Crippen LogP contribution >= 0.6 is 11.8 Å². The van der Waals surface area contributed by atoms with Gasteiger partial charge in [-0.05, 0) is 29.7 Å². The monoisotopic (exact) mass is 321 g/mol. The molecule has 23 heavy (non-hydrogen) atoms. The molecular formula is C19H19N3S. The standard InChI is InChI=1S/C19H19N3S/c1-14(2)12-22-18-10-6-5-9-17(18)21-19(22)23-13-16-8-4-3-7-15(16)11-20/h3-10,14H,12-13H2,1-2H3. The predicted octanol–water partition coefficient (Wildman–Crippen LogP) is 4.86. The predicted molar refractivity (Wildman–Crippen MR) is 95.3 cm³/mol. The number of fused-ring (bicyclic) bond motifs is 1. The van der Waals surface area contributed by atoms with Gasteiger partial charge in [0.1, 0.15) is 0 Å². The van der Waals surface area contributed by atoms with E-state index in [2.05, 4.69) is 42.7 Å². The maximum absolute atomic E-state index is 9.22. The van der Waals surface area contributed by atoms with Crippen molar-refractivity contribution in [2.24, 2.45) is 5.92 Å². The Morgan fingerprint density at radius 3 is 2.65 bits per heavy atom. The van der Waals surface area contributed by atoms with E-state index in [1.807, 2.05) is 30.3 Å². The lowest BCUT2D eigenvalue weighted by molar-refractivity contribution is 0.505. The quantitative estimate of drug-likeness (QED) is 0.630. The smallest absolute Gasteiger partial charge is 0.169 e. The summed E-state index contributed by atoms with van der Waals surface area (Å²) in [6.45, 7) is 5.38. The number of nitriles is 1. The summed E-state index contributed by atoms with van der Waals surface area (Å²) in [6.07, 6.45) is 0. The Bertz CT molecular complexity index is 858. The number of para-hydroxylation sites is 2. The van der Waals surface area contributed by atoms with Crippen molar-refractivity contribution in [1.82, 2.24) is 9.55 Å². The van der Waals surface area contributed by atoms with Gasteiger partial charge in [0, 0.05) is 12.3 Å². The van der Waals surface area contributed by atoms with Gasteiger partial charge in [0.2, 0.25) is 0 Å². The van der Waals surface area contributed by atoms with E-state index in [-0.39, 0.29) is 0 Å². The normalized spacial score (nSPS) is 11.0. The highest BCUT2D eigenvalue weighted by Crippen LogP contribution is 2.28. The number of aromatic nitrogens is 2. The number of rotatable bonds is 5. The summed E-state index contributed by atoms with van der Waals surface area (Å²) in [4.78, 5) is 4.78. The van der Waals surface area contributed by atoms with Gasteiger partial charge in [-0.3, -0.25) is 0 Å². The number of nitrogens with zero attached hydrogens (tertiary/aromatic N) is 3. The molecule has 0 aliphatic rings. The van der Waals surface area contributed by atoms with Crippen LogP contribution in [0.2, 0.25) is 0 Å². The molecule has 0 fully saturated rings. The fourth-order valence-electron chi connectivity index (χ4n) is 2.60. The third-order valence-corrected chi connectivity index (χ3v) is 4.69. The molecular weight excluding hydrogens is 302 g/mol. The van der Waals surface area contributed by atoms with Crippen LogP contribution in [0, 0.1) is 17.2 Å². The van der Waals surface area contributed by atoms with Gasteiger partial charge in [-0.1, -0.05) is 55.9 Å². The van der Waals surface area contributed by atoms with E-state index in [1.54, 1.807) is 11.8 Å². The molecule has 3 nitrogen and oxygen atoms in total. The number of thioether (sulfide) groups is 1. The minimum atomic E-state index is 0.554. The lowest BCUT2D eigenvalue weighted by Gasteiger charge is -2.11. The van der Waals surface area contributed by atoms with Crippen molar-refractivity contribution in [2.45, 2.75) is 31.3 Å². The van der Waals surface area contributed by atoms with Gasteiger partial charge in [-0.15, -0.1) is 0 Å². The van der Waals surface area contributed by atoms with Crippen LogP contribution in [-0.2, 0) is 12.3 Å². The molecule has 0 amide bonds. The molecule has 0 saturated carbocycles. The van der Waals surface area contributed by atoms with Crippen molar-refractivity contribution in [3.63, 3.8) is 0 Å². The lowest BCUT2D eigenvalue weighted by Crippen LogP contribution is -2.05. The van der Waals surface area contributed by atoms with Crippen LogP contribution in [0.15, 0.2) is 53.7 Å². The molecule has 0 radical (unpaired) electrons. The first-order valence-electron chi connectivity index (χ1n) is 7.75. The summed E-state index contributed by atoms with van der Waals surface area (Å²) >= 11 is 1.70.